The van der Waals surface area contributed by atoms with Crippen molar-refractivity contribution in [1.29, 1.82) is 0 Å². The minimum Gasteiger partial charge on any atom is -0.507 e. The van der Waals surface area contributed by atoms with Crippen molar-refractivity contribution in [3.05, 3.63) is 105 Å². The van der Waals surface area contributed by atoms with Gasteiger partial charge in [-0.3, -0.25) is 9.59 Å². The van der Waals surface area contributed by atoms with E-state index in [0.29, 0.717) is 28.3 Å². The molecule has 1 aliphatic rings. The molecule has 3 aromatic rings. The van der Waals surface area contributed by atoms with Crippen LogP contribution in [0.3, 0.4) is 0 Å². The van der Waals surface area contributed by atoms with Gasteiger partial charge in [0.05, 0.1) is 18.7 Å². The van der Waals surface area contributed by atoms with E-state index in [-0.39, 0.29) is 17.9 Å². The van der Waals surface area contributed by atoms with Crippen LogP contribution in [0.25, 0.3) is 5.76 Å². The molecule has 1 heterocycles. The van der Waals surface area contributed by atoms with Gasteiger partial charge in [-0.1, -0.05) is 35.9 Å². The lowest BCUT2D eigenvalue weighted by atomic mass is 9.94. The number of amides is 1. The second-order valence-corrected chi connectivity index (χ2v) is 8.54. The monoisotopic (exact) mass is 479 g/mol. The van der Waals surface area contributed by atoms with Crippen LogP contribution < -0.4 is 4.74 Å². The van der Waals surface area contributed by atoms with Gasteiger partial charge in [0.25, 0.3) is 11.7 Å². The number of ether oxygens (including phenoxy) is 1. The third-order valence-electron chi connectivity index (χ3n) is 5.95. The smallest absolute Gasteiger partial charge is 0.295 e. The topological polar surface area (TPSA) is 66.8 Å². The average Bonchev–Trinajstić information content (AvgIpc) is 3.08. The highest BCUT2D eigenvalue weighted by Gasteiger charge is 2.45. The lowest BCUT2D eigenvalue weighted by Gasteiger charge is -2.25. The van der Waals surface area contributed by atoms with E-state index < -0.39 is 23.5 Å². The van der Waals surface area contributed by atoms with Crippen LogP contribution in [0.15, 0.2) is 72.3 Å². The number of Topliss-reactive ketones (excluding diaryl/α,β-unsaturated/α-hetero) is 1. The van der Waals surface area contributed by atoms with Crippen LogP contribution in [0.4, 0.5) is 4.39 Å². The third-order valence-corrected chi connectivity index (χ3v) is 6.20. The Kier molecular flexibility index (Phi) is 6.70. The van der Waals surface area contributed by atoms with Crippen molar-refractivity contribution in [2.24, 2.45) is 0 Å². The molecule has 3 aromatic carbocycles. The Hall–Kier alpha value is -3.64. The molecule has 5 nitrogen and oxygen atoms in total. The highest BCUT2D eigenvalue weighted by Crippen LogP contribution is 2.40. The van der Waals surface area contributed by atoms with Gasteiger partial charge in [0.15, 0.2) is 0 Å². The second kappa shape index (κ2) is 9.69. The molecule has 1 amide bonds. The number of carbonyl (C=O) groups excluding carboxylic acids is 2. The minimum absolute atomic E-state index is 0.0303. The number of halogens is 2. The number of likely N-dealkylation sites (tertiary alicyclic amines) is 1. The maximum Gasteiger partial charge on any atom is 0.295 e. The summed E-state index contributed by atoms with van der Waals surface area (Å²) < 4.78 is 18.9. The number of aliphatic hydroxyl groups excluding tert-OH is 1. The molecule has 0 spiro atoms. The summed E-state index contributed by atoms with van der Waals surface area (Å²) in [5.41, 5.74) is 2.60. The largest absolute Gasteiger partial charge is 0.507 e. The Morgan fingerprint density at radius 3 is 2.35 bits per heavy atom. The Labute approximate surface area is 202 Å². The number of benzene rings is 3. The van der Waals surface area contributed by atoms with Crippen LogP contribution in [0.1, 0.15) is 28.3 Å². The fourth-order valence-electron chi connectivity index (χ4n) is 4.18. The first-order valence-corrected chi connectivity index (χ1v) is 11.1. The summed E-state index contributed by atoms with van der Waals surface area (Å²) in [5.74, 6) is -1.58. The summed E-state index contributed by atoms with van der Waals surface area (Å²) in [4.78, 5) is 27.6. The standard InChI is InChI=1S/C27H23ClFNO4/c1-16-15-19(7-12-22(16)34-2)25(31)23-24(18-5-10-21(29)11-6-18)30(27(33)26(23)32)14-13-17-3-8-20(28)9-4-17/h3-12,15,24,31H,13-14H2,1-2H3/b25-23-. The van der Waals surface area contributed by atoms with E-state index in [1.165, 1.54) is 29.2 Å². The fraction of sp³-hybridized carbons (Fsp3) is 0.185. The molecule has 4 rings (SSSR count). The molecule has 34 heavy (non-hydrogen) atoms. The van der Waals surface area contributed by atoms with Crippen molar-refractivity contribution in [1.82, 2.24) is 4.90 Å². The zero-order valence-corrected chi connectivity index (χ0v) is 19.5. The average molecular weight is 480 g/mol. The van der Waals surface area contributed by atoms with Gasteiger partial charge in [-0.05, 0) is 72.5 Å². The first kappa shape index (κ1) is 23.5. The summed E-state index contributed by atoms with van der Waals surface area (Å²) in [6.45, 7) is 2.05. The molecule has 1 aliphatic heterocycles. The summed E-state index contributed by atoms with van der Waals surface area (Å²) >= 11 is 5.96. The maximum atomic E-state index is 13.6. The molecule has 1 fully saturated rings. The molecule has 174 valence electrons. The first-order chi connectivity index (χ1) is 16.3. The van der Waals surface area contributed by atoms with Gasteiger partial charge in [-0.2, -0.15) is 0 Å². The Morgan fingerprint density at radius 1 is 1.06 bits per heavy atom. The minimum atomic E-state index is -0.852. The number of hydrogen-bond acceptors (Lipinski definition) is 4. The molecule has 1 atom stereocenters. The number of ketones is 1. The molecule has 7 heteroatoms. The maximum absolute atomic E-state index is 13.6. The summed E-state index contributed by atoms with van der Waals surface area (Å²) in [6.07, 6.45) is 0.476. The molecular formula is C27H23ClFNO4. The van der Waals surface area contributed by atoms with Crippen molar-refractivity contribution >= 4 is 29.1 Å². The first-order valence-electron chi connectivity index (χ1n) is 10.7. The summed E-state index contributed by atoms with van der Waals surface area (Å²) in [5, 5.41) is 11.8. The molecular weight excluding hydrogens is 457 g/mol. The van der Waals surface area contributed by atoms with Crippen LogP contribution in [0.2, 0.25) is 5.02 Å². The van der Waals surface area contributed by atoms with Gasteiger partial charge in [-0.25, -0.2) is 4.39 Å². The van der Waals surface area contributed by atoms with Crippen molar-refractivity contribution < 1.29 is 23.8 Å². The predicted molar refractivity (Wildman–Crippen MR) is 128 cm³/mol. The van der Waals surface area contributed by atoms with Crippen molar-refractivity contribution in [3.8, 4) is 5.75 Å². The third kappa shape index (κ3) is 4.54. The quantitative estimate of drug-likeness (QED) is 0.289. The zero-order valence-electron chi connectivity index (χ0n) is 18.7. The van der Waals surface area contributed by atoms with Crippen LogP contribution in [0, 0.1) is 12.7 Å². The van der Waals surface area contributed by atoms with Gasteiger partial charge in [-0.15, -0.1) is 0 Å². The van der Waals surface area contributed by atoms with Crippen LogP contribution >= 0.6 is 11.6 Å². The molecule has 1 saturated heterocycles. The Bertz CT molecular complexity index is 1270. The Balaban J connectivity index is 1.77. The van der Waals surface area contributed by atoms with Gasteiger partial charge < -0.3 is 14.7 Å². The van der Waals surface area contributed by atoms with Crippen LogP contribution in [-0.2, 0) is 16.0 Å². The van der Waals surface area contributed by atoms with Gasteiger partial charge in [0, 0.05) is 17.1 Å². The summed E-state index contributed by atoms with van der Waals surface area (Å²) in [7, 11) is 1.54. The molecule has 1 N–H and O–H groups in total. The van der Waals surface area contributed by atoms with Crippen LogP contribution in [-0.4, -0.2) is 35.4 Å². The number of hydrogen-bond donors (Lipinski definition) is 1. The van der Waals surface area contributed by atoms with Crippen molar-refractivity contribution in [2.45, 2.75) is 19.4 Å². The van der Waals surface area contributed by atoms with E-state index in [4.69, 9.17) is 16.3 Å². The number of aliphatic hydroxyl groups is 1. The van der Waals surface area contributed by atoms with E-state index in [2.05, 4.69) is 0 Å². The molecule has 0 bridgehead atoms. The fourth-order valence-corrected chi connectivity index (χ4v) is 4.31. The number of carbonyl (C=O) groups is 2. The SMILES string of the molecule is COc1ccc(/C(O)=C2/C(=O)C(=O)N(CCc3ccc(Cl)cc3)C2c2ccc(F)cc2)cc1C. The number of methoxy groups -OCH3 is 1. The lowest BCUT2D eigenvalue weighted by Crippen LogP contribution is -2.31. The van der Waals surface area contributed by atoms with E-state index >= 15 is 0 Å². The van der Waals surface area contributed by atoms with E-state index in [1.807, 2.05) is 19.1 Å². The summed E-state index contributed by atoms with van der Waals surface area (Å²) in [6, 6.07) is 17.0. The molecule has 1 unspecified atom stereocenters. The highest BCUT2D eigenvalue weighted by atomic mass is 35.5. The number of nitrogens with zero attached hydrogens (tertiary/aromatic N) is 1. The molecule has 0 saturated carbocycles. The molecule has 0 aromatic heterocycles. The normalized spacial score (nSPS) is 17.3. The van der Waals surface area contributed by atoms with E-state index in [0.717, 1.165) is 11.1 Å². The second-order valence-electron chi connectivity index (χ2n) is 8.10. The van der Waals surface area contributed by atoms with Crippen LogP contribution in [0.5, 0.6) is 5.75 Å². The van der Waals surface area contributed by atoms with Gasteiger partial charge in [0.2, 0.25) is 0 Å². The predicted octanol–water partition coefficient (Wildman–Crippen LogP) is 5.46. The van der Waals surface area contributed by atoms with Gasteiger partial charge >= 0.3 is 0 Å². The lowest BCUT2D eigenvalue weighted by molar-refractivity contribution is -0.139. The number of rotatable bonds is 6. The molecule has 0 radical (unpaired) electrons. The molecule has 0 aliphatic carbocycles. The van der Waals surface area contributed by atoms with Crippen molar-refractivity contribution in [2.75, 3.05) is 13.7 Å². The van der Waals surface area contributed by atoms with Gasteiger partial charge in [0.1, 0.15) is 17.3 Å². The number of aryl methyl sites for hydroxylation is 1. The highest BCUT2D eigenvalue weighted by molar-refractivity contribution is 6.46. The van der Waals surface area contributed by atoms with E-state index in [1.54, 1.807) is 37.4 Å². The zero-order chi connectivity index (χ0) is 24.4. The van der Waals surface area contributed by atoms with Crippen molar-refractivity contribution in [3.63, 3.8) is 0 Å². The Morgan fingerprint density at radius 2 is 1.74 bits per heavy atom. The van der Waals surface area contributed by atoms with E-state index in [9.17, 15) is 19.1 Å².